The number of hydrogen-bond donors (Lipinski definition) is 2. The van der Waals surface area contributed by atoms with Crippen LogP contribution in [0.15, 0.2) is 72.8 Å². The first-order valence-electron chi connectivity index (χ1n) is 15.0. The van der Waals surface area contributed by atoms with Gasteiger partial charge in [0.25, 0.3) is 0 Å². The average molecular weight is 695 g/mol. The molecule has 0 aliphatic carbocycles. The Bertz CT molecular complexity index is 1670. The maximum atomic E-state index is 14.2. The Morgan fingerprint density at radius 2 is 1.69 bits per heavy atom. The second-order valence-corrected chi connectivity index (χ2v) is 14.9. The van der Waals surface area contributed by atoms with Crippen LogP contribution in [0.5, 0.6) is 11.5 Å². The zero-order valence-electron chi connectivity index (χ0n) is 25.3. The average Bonchev–Trinajstić information content (AvgIpc) is 3.64. The van der Waals surface area contributed by atoms with Gasteiger partial charge in [-0.3, -0.25) is 4.31 Å². The monoisotopic (exact) mass is 695 g/mol. The summed E-state index contributed by atoms with van der Waals surface area (Å²) in [4.78, 5) is 14.7. The van der Waals surface area contributed by atoms with Crippen LogP contribution in [0.25, 0.3) is 11.1 Å². The van der Waals surface area contributed by atoms with E-state index in [1.807, 2.05) is 43.3 Å². The molecule has 0 spiro atoms. The van der Waals surface area contributed by atoms with Crippen molar-refractivity contribution in [2.45, 2.75) is 61.8 Å². The number of ether oxygens (including phenoxy) is 2. The number of aromatic hydroxyl groups is 1. The number of phenols is 1. The van der Waals surface area contributed by atoms with Gasteiger partial charge in [0.15, 0.2) is 0 Å². The van der Waals surface area contributed by atoms with Crippen molar-refractivity contribution in [1.82, 2.24) is 0 Å². The molecule has 2 N–H and O–H groups in total. The predicted octanol–water partition coefficient (Wildman–Crippen LogP) is 5.81. The minimum absolute atomic E-state index is 0.0293. The van der Waals surface area contributed by atoms with E-state index in [9.17, 15) is 18.3 Å². The number of benzene rings is 3. The van der Waals surface area contributed by atoms with Gasteiger partial charge in [-0.2, -0.15) is 0 Å². The molecule has 1 saturated heterocycles. The number of carbonyl (C=O) groups is 1. The van der Waals surface area contributed by atoms with Crippen LogP contribution >= 0.6 is 0 Å². The zero-order valence-corrected chi connectivity index (χ0v) is 27.8. The number of anilines is 2. The maximum Gasteiger partial charge on any atom is 0.115 e. The normalized spacial score (nSPS) is 18.9. The van der Waals surface area contributed by atoms with Crippen molar-refractivity contribution in [3.63, 3.8) is 0 Å². The summed E-state index contributed by atoms with van der Waals surface area (Å²) in [5.41, 5.74) is 4.61. The minimum Gasteiger partial charge on any atom is -0.508 e. The van der Waals surface area contributed by atoms with Crippen LogP contribution < -0.4 is 14.4 Å². The third-order valence-electron chi connectivity index (χ3n) is 8.20. The maximum absolute atomic E-state index is 14.2. The quantitative estimate of drug-likeness (QED) is 0.161. The summed E-state index contributed by atoms with van der Waals surface area (Å²) in [5, 5.41) is 21.7. The topological polar surface area (TPSA) is 129 Å². The number of hydrogen-bond acceptors (Lipinski definition) is 7. The Morgan fingerprint density at radius 1 is 1.02 bits per heavy atom. The molecule has 9 nitrogen and oxygen atoms in total. The van der Waals surface area contributed by atoms with Gasteiger partial charge in [0.05, 0.1) is 18.9 Å². The summed E-state index contributed by atoms with van der Waals surface area (Å²) >= 11 is 0.0293. The number of nitrogens with one attached hydrogen (secondary N) is 1. The molecule has 2 bridgehead atoms. The summed E-state index contributed by atoms with van der Waals surface area (Å²) in [5.74, 6) is 0.725. The van der Waals surface area contributed by atoms with Crippen LogP contribution in [-0.4, -0.2) is 65.5 Å². The van der Waals surface area contributed by atoms with Gasteiger partial charge in [-0.15, -0.1) is 0 Å². The van der Waals surface area contributed by atoms with Crippen LogP contribution in [-0.2, 0) is 19.6 Å². The number of carbonyl (C=O) groups excluding carboxylic acids is 1. The first-order valence-corrected chi connectivity index (χ1v) is 18.6. The van der Waals surface area contributed by atoms with Gasteiger partial charge in [-0.05, 0) is 60.9 Å². The molecule has 236 valence electrons. The van der Waals surface area contributed by atoms with E-state index in [0.29, 0.717) is 30.0 Å². The van der Waals surface area contributed by atoms with Crippen molar-refractivity contribution < 1.29 is 27.8 Å². The van der Waals surface area contributed by atoms with Crippen molar-refractivity contribution in [2.75, 3.05) is 23.3 Å². The molecule has 3 aromatic rings. The molecule has 2 heterocycles. The van der Waals surface area contributed by atoms with E-state index in [1.54, 1.807) is 43.5 Å². The summed E-state index contributed by atoms with van der Waals surface area (Å²) in [6, 6.07) is 21.3. The van der Waals surface area contributed by atoms with E-state index in [1.165, 1.54) is 4.31 Å². The smallest absolute Gasteiger partial charge is 0.115 e. The van der Waals surface area contributed by atoms with Crippen LogP contribution in [0.1, 0.15) is 50.2 Å². The van der Waals surface area contributed by atoms with Crippen molar-refractivity contribution in [2.24, 2.45) is 0 Å². The van der Waals surface area contributed by atoms with Gasteiger partial charge in [0.2, 0.25) is 10.0 Å². The minimum atomic E-state index is -3.83. The Balaban J connectivity index is 1.40. The van der Waals surface area contributed by atoms with Crippen LogP contribution in [0, 0.1) is 10.2 Å². The summed E-state index contributed by atoms with van der Waals surface area (Å²) in [6.07, 6.45) is 2.25. The number of nitriles is 1. The molecule has 1 fully saturated rings. The third kappa shape index (κ3) is 7.21. The molecule has 2 aliphatic heterocycles. The van der Waals surface area contributed by atoms with Gasteiger partial charge >= 0.3 is 113 Å². The van der Waals surface area contributed by atoms with E-state index in [2.05, 4.69) is 10.3 Å². The first kappa shape index (κ1) is 32.6. The molecule has 3 unspecified atom stereocenters. The number of amides is 1. The fourth-order valence-electron chi connectivity index (χ4n) is 6.06. The second kappa shape index (κ2) is 14.5. The van der Waals surface area contributed by atoms with Crippen molar-refractivity contribution in [3.05, 3.63) is 83.9 Å². The summed E-state index contributed by atoms with van der Waals surface area (Å²) in [6.45, 7) is 2.08. The Labute approximate surface area is 271 Å². The first-order chi connectivity index (χ1) is 21.8. The molecule has 3 aromatic carbocycles. The van der Waals surface area contributed by atoms with E-state index in [-0.39, 0.29) is 33.2 Å². The molecule has 2 aliphatic rings. The molecular weight excluding hydrogens is 657 g/mol. The number of methoxy groups -OCH3 is 1. The summed E-state index contributed by atoms with van der Waals surface area (Å²) < 4.78 is 41.5. The van der Waals surface area contributed by atoms with E-state index >= 15 is 0 Å². The van der Waals surface area contributed by atoms with Gasteiger partial charge in [-0.25, -0.2) is 8.42 Å². The molecule has 5 rings (SSSR count). The van der Waals surface area contributed by atoms with Gasteiger partial charge in [-0.1, -0.05) is 12.1 Å². The van der Waals surface area contributed by atoms with Crippen molar-refractivity contribution in [3.8, 4) is 16.5 Å². The Morgan fingerprint density at radius 3 is 2.33 bits per heavy atom. The van der Waals surface area contributed by atoms with Crippen LogP contribution in [0.4, 0.5) is 11.4 Å². The molecule has 0 aromatic heterocycles. The number of sulfonamides is 1. The fraction of sp³-hybridized carbons (Fsp3) is 0.353. The van der Waals surface area contributed by atoms with Crippen LogP contribution in [0.3, 0.4) is 0 Å². The van der Waals surface area contributed by atoms with Gasteiger partial charge < -0.3 is 14.6 Å². The third-order valence-corrected chi connectivity index (χ3v) is 11.8. The molecule has 0 saturated carbocycles. The van der Waals surface area contributed by atoms with E-state index in [4.69, 9.17) is 14.7 Å². The van der Waals surface area contributed by atoms with Gasteiger partial charge in [0, 0.05) is 6.54 Å². The number of unbranched alkanes of at least 4 members (excludes halogenated alkanes) is 2. The molecule has 3 atom stereocenters. The van der Waals surface area contributed by atoms with E-state index in [0.717, 1.165) is 46.9 Å². The number of rotatable bonds is 14. The number of fused-ring (bicyclic) bond motifs is 2. The predicted molar refractivity (Wildman–Crippen MR) is 177 cm³/mol. The Kier molecular flexibility index (Phi) is 10.5. The largest absolute Gasteiger partial charge is 0.508 e. The number of nitrogens with zero attached hydrogens (tertiary/aromatic N) is 2. The number of phenolic OH excluding ortho intramolecular Hbond substituents is 1. The Hall–Kier alpha value is -3.81. The standard InChI is InChI=1S/C34H37N3O6SSe/c1-3-37(26-14-18-28(42-2)19-15-26)44(40,41)30-21-29-32(23-10-16-27(38)17-11-23)33(34(30)43-29)24-8-12-25(13-9-24)36-31(39)7-5-4-6-20-45-22-35/h8-19,29-30,34,38H,3-7,20-21H2,1-2H3,(H,36,39). The molecule has 11 heteroatoms. The fourth-order valence-corrected chi connectivity index (χ4v) is 9.02. The molecule has 45 heavy (non-hydrogen) atoms. The van der Waals surface area contributed by atoms with Crippen molar-refractivity contribution in [1.29, 1.82) is 5.26 Å². The second-order valence-electron chi connectivity index (χ2n) is 11.0. The van der Waals surface area contributed by atoms with Gasteiger partial charge in [0.1, 0.15) is 22.9 Å². The van der Waals surface area contributed by atoms with Crippen molar-refractivity contribution >= 4 is 53.4 Å². The SMILES string of the molecule is CCN(c1ccc(OC)cc1)S(=O)(=O)C1CC2OC1C(c1ccc(NC(=O)CCCCC[Se]C#N)cc1)=C2c1ccc(O)cc1. The summed E-state index contributed by atoms with van der Waals surface area (Å²) in [7, 11) is -2.26. The molecule has 0 radical (unpaired) electrons. The molecule has 1 amide bonds. The zero-order chi connectivity index (χ0) is 32.0. The molecular formula is C34H37N3O6SSe. The van der Waals surface area contributed by atoms with E-state index < -0.39 is 27.5 Å². The van der Waals surface area contributed by atoms with Crippen LogP contribution in [0.2, 0.25) is 5.32 Å².